The van der Waals surface area contributed by atoms with Gasteiger partial charge in [-0.2, -0.15) is 0 Å². The zero-order valence-corrected chi connectivity index (χ0v) is 14.7. The van der Waals surface area contributed by atoms with E-state index in [1.54, 1.807) is 4.68 Å². The molecule has 1 aromatic rings. The molecular formula is C15H31N7O. The third-order valence-electron chi connectivity index (χ3n) is 3.08. The Balaban J connectivity index is 2.07. The van der Waals surface area contributed by atoms with Crippen LogP contribution in [0.1, 0.15) is 33.4 Å². The molecule has 0 fully saturated rings. The smallest absolute Gasteiger partial charge is 0.234 e. The second-order valence-corrected chi connectivity index (χ2v) is 6.14. The predicted octanol–water partition coefficient (Wildman–Crippen LogP) is -0.520. The van der Waals surface area contributed by atoms with Crippen molar-refractivity contribution in [2.45, 2.75) is 52.9 Å². The highest BCUT2D eigenvalue weighted by Gasteiger charge is 2.03. The van der Waals surface area contributed by atoms with E-state index >= 15 is 0 Å². The molecule has 132 valence electrons. The van der Waals surface area contributed by atoms with E-state index in [1.165, 1.54) is 0 Å². The van der Waals surface area contributed by atoms with Gasteiger partial charge in [-0.15, -0.1) is 5.10 Å². The molecule has 1 rings (SSSR count). The number of aromatic nitrogens is 3. The summed E-state index contributed by atoms with van der Waals surface area (Å²) < 4.78 is 1.79. The summed E-state index contributed by atoms with van der Waals surface area (Å²) in [7, 11) is 0. The van der Waals surface area contributed by atoms with E-state index in [-0.39, 0.29) is 5.91 Å². The highest BCUT2D eigenvalue weighted by atomic mass is 16.1. The normalized spacial score (nSPS) is 11.4. The molecule has 0 spiro atoms. The van der Waals surface area contributed by atoms with Gasteiger partial charge in [-0.1, -0.05) is 32.9 Å². The number of hydrogen-bond acceptors (Lipinski definition) is 6. The minimum Gasteiger partial charge on any atom is -0.354 e. The largest absolute Gasteiger partial charge is 0.354 e. The summed E-state index contributed by atoms with van der Waals surface area (Å²) in [6.07, 6.45) is 1.93. The van der Waals surface area contributed by atoms with Crippen molar-refractivity contribution in [3.05, 3.63) is 11.9 Å². The molecule has 1 aromatic heterocycles. The van der Waals surface area contributed by atoms with E-state index in [2.05, 4.69) is 59.3 Å². The molecule has 0 aliphatic carbocycles. The van der Waals surface area contributed by atoms with Gasteiger partial charge in [-0.25, -0.2) is 0 Å². The van der Waals surface area contributed by atoms with Crippen molar-refractivity contribution in [1.29, 1.82) is 0 Å². The molecule has 4 N–H and O–H groups in total. The third-order valence-corrected chi connectivity index (χ3v) is 3.08. The minimum absolute atomic E-state index is 0.0102. The van der Waals surface area contributed by atoms with Crippen molar-refractivity contribution in [2.75, 3.05) is 26.2 Å². The van der Waals surface area contributed by atoms with E-state index in [0.29, 0.717) is 38.3 Å². The summed E-state index contributed by atoms with van der Waals surface area (Å²) >= 11 is 0. The molecule has 1 heterocycles. The van der Waals surface area contributed by atoms with Gasteiger partial charge in [-0.05, 0) is 0 Å². The van der Waals surface area contributed by atoms with Gasteiger partial charge < -0.3 is 21.3 Å². The number of carbonyl (C=O) groups is 1. The Hall–Kier alpha value is -1.51. The average molecular weight is 325 g/mol. The minimum atomic E-state index is 0.0102. The zero-order chi connectivity index (χ0) is 17.1. The fraction of sp³-hybridized carbons (Fsp3) is 0.800. The zero-order valence-electron chi connectivity index (χ0n) is 14.7. The van der Waals surface area contributed by atoms with Gasteiger partial charge in [0.15, 0.2) is 0 Å². The van der Waals surface area contributed by atoms with Gasteiger partial charge in [-0.3, -0.25) is 9.48 Å². The average Bonchev–Trinajstić information content (AvgIpc) is 2.94. The molecule has 1 amide bonds. The molecule has 8 nitrogen and oxygen atoms in total. The van der Waals surface area contributed by atoms with Gasteiger partial charge in [0.25, 0.3) is 0 Å². The fourth-order valence-corrected chi connectivity index (χ4v) is 1.86. The van der Waals surface area contributed by atoms with Crippen molar-refractivity contribution in [3.8, 4) is 0 Å². The molecule has 0 saturated carbocycles. The SMILES string of the molecule is CC(C)NCCNC(=O)CNCCn1cc(CNC(C)C)nn1. The molecule has 0 bridgehead atoms. The summed E-state index contributed by atoms with van der Waals surface area (Å²) in [5.41, 5.74) is 0.925. The van der Waals surface area contributed by atoms with E-state index in [9.17, 15) is 4.79 Å². The van der Waals surface area contributed by atoms with Gasteiger partial charge >= 0.3 is 0 Å². The second-order valence-electron chi connectivity index (χ2n) is 6.14. The van der Waals surface area contributed by atoms with Crippen molar-refractivity contribution >= 4 is 5.91 Å². The Labute approximate surface area is 138 Å². The maximum Gasteiger partial charge on any atom is 0.234 e. The first kappa shape index (κ1) is 19.5. The van der Waals surface area contributed by atoms with Crippen LogP contribution in [-0.4, -0.2) is 59.2 Å². The highest BCUT2D eigenvalue weighted by molar-refractivity contribution is 5.77. The molecule has 0 aliphatic heterocycles. The predicted molar refractivity (Wildman–Crippen MR) is 91.0 cm³/mol. The van der Waals surface area contributed by atoms with Crippen LogP contribution in [0.5, 0.6) is 0 Å². The molecule has 0 radical (unpaired) electrons. The van der Waals surface area contributed by atoms with Gasteiger partial charge in [0, 0.05) is 44.5 Å². The van der Waals surface area contributed by atoms with Crippen molar-refractivity contribution in [2.24, 2.45) is 0 Å². The Morgan fingerprint density at radius 1 is 1.13 bits per heavy atom. The first-order valence-electron chi connectivity index (χ1n) is 8.30. The Kier molecular flexibility index (Phi) is 9.42. The van der Waals surface area contributed by atoms with E-state index in [0.717, 1.165) is 18.8 Å². The van der Waals surface area contributed by atoms with Crippen LogP contribution in [0.15, 0.2) is 6.20 Å². The van der Waals surface area contributed by atoms with Gasteiger partial charge in [0.2, 0.25) is 5.91 Å². The topological polar surface area (TPSA) is 95.9 Å². The quantitative estimate of drug-likeness (QED) is 0.386. The Morgan fingerprint density at radius 2 is 1.87 bits per heavy atom. The molecule has 0 aromatic carbocycles. The first-order valence-corrected chi connectivity index (χ1v) is 8.30. The van der Waals surface area contributed by atoms with E-state index in [4.69, 9.17) is 0 Å². The number of amides is 1. The number of rotatable bonds is 12. The van der Waals surface area contributed by atoms with Crippen LogP contribution in [0.2, 0.25) is 0 Å². The van der Waals surface area contributed by atoms with Gasteiger partial charge in [0.05, 0.1) is 18.8 Å². The van der Waals surface area contributed by atoms with Crippen molar-refractivity contribution in [3.63, 3.8) is 0 Å². The molecule has 0 unspecified atom stereocenters. The van der Waals surface area contributed by atoms with Crippen LogP contribution in [0.3, 0.4) is 0 Å². The Morgan fingerprint density at radius 3 is 2.57 bits per heavy atom. The number of carbonyl (C=O) groups excluding carboxylic acids is 1. The molecule has 0 atom stereocenters. The lowest BCUT2D eigenvalue weighted by atomic mass is 10.3. The lowest BCUT2D eigenvalue weighted by molar-refractivity contribution is -0.120. The highest BCUT2D eigenvalue weighted by Crippen LogP contribution is 1.93. The lowest BCUT2D eigenvalue weighted by Crippen LogP contribution is -2.39. The van der Waals surface area contributed by atoms with Crippen LogP contribution in [0, 0.1) is 0 Å². The maximum absolute atomic E-state index is 11.6. The van der Waals surface area contributed by atoms with Crippen LogP contribution < -0.4 is 21.3 Å². The number of nitrogens with zero attached hydrogens (tertiary/aromatic N) is 3. The molecule has 8 heteroatoms. The number of nitrogens with one attached hydrogen (secondary N) is 4. The van der Waals surface area contributed by atoms with Crippen molar-refractivity contribution in [1.82, 2.24) is 36.3 Å². The summed E-state index contributed by atoms with van der Waals surface area (Å²) in [6.45, 7) is 12.2. The standard InChI is InChI=1S/C15H31N7O/c1-12(2)17-5-6-18-15(23)10-16-7-8-22-11-14(20-21-22)9-19-13(3)4/h11-13,16-17,19H,5-10H2,1-4H3,(H,18,23). The van der Waals surface area contributed by atoms with E-state index in [1.807, 2.05) is 6.20 Å². The fourth-order valence-electron chi connectivity index (χ4n) is 1.86. The number of hydrogen-bond donors (Lipinski definition) is 4. The second kappa shape index (κ2) is 11.1. The van der Waals surface area contributed by atoms with E-state index < -0.39 is 0 Å². The molecule has 23 heavy (non-hydrogen) atoms. The molecule has 0 aliphatic rings. The molecule has 0 saturated heterocycles. The van der Waals surface area contributed by atoms with Crippen molar-refractivity contribution < 1.29 is 4.79 Å². The summed E-state index contributed by atoms with van der Waals surface area (Å²) in [6, 6.07) is 0.865. The van der Waals surface area contributed by atoms with Crippen LogP contribution in [0.25, 0.3) is 0 Å². The summed E-state index contributed by atoms with van der Waals surface area (Å²) in [4.78, 5) is 11.6. The summed E-state index contributed by atoms with van der Waals surface area (Å²) in [5.74, 6) is 0.0102. The summed E-state index contributed by atoms with van der Waals surface area (Å²) in [5, 5.41) is 20.7. The lowest BCUT2D eigenvalue weighted by Gasteiger charge is -2.09. The van der Waals surface area contributed by atoms with Crippen LogP contribution in [0.4, 0.5) is 0 Å². The van der Waals surface area contributed by atoms with Gasteiger partial charge in [0.1, 0.15) is 0 Å². The van der Waals surface area contributed by atoms with Crippen LogP contribution in [-0.2, 0) is 17.9 Å². The Bertz CT molecular complexity index is 445. The maximum atomic E-state index is 11.6. The first-order chi connectivity index (χ1) is 11.0. The molecular weight excluding hydrogens is 294 g/mol. The third kappa shape index (κ3) is 9.98. The monoisotopic (exact) mass is 325 g/mol. The van der Waals surface area contributed by atoms with Crippen LogP contribution >= 0.6 is 0 Å².